The monoisotopic (exact) mass is 477 g/mol. The summed E-state index contributed by atoms with van der Waals surface area (Å²) >= 11 is 5.71. The molecule has 2 aliphatic heterocycles. The second kappa shape index (κ2) is 9.73. The lowest BCUT2D eigenvalue weighted by atomic mass is 9.90. The number of nitrogens with zero attached hydrogens (tertiary/aromatic N) is 2. The van der Waals surface area contributed by atoms with Crippen molar-refractivity contribution < 1.29 is 23.1 Å². The van der Waals surface area contributed by atoms with Crippen molar-refractivity contribution in [2.75, 3.05) is 13.2 Å². The summed E-state index contributed by atoms with van der Waals surface area (Å²) < 4.78 is 34.1. The molecule has 9 heteroatoms. The third kappa shape index (κ3) is 4.73. The number of hydrogen-bond acceptors (Lipinski definition) is 4. The molecule has 0 saturated carbocycles. The minimum atomic E-state index is -0.793. The summed E-state index contributed by atoms with van der Waals surface area (Å²) in [5.74, 6) is -2.30. The van der Waals surface area contributed by atoms with Gasteiger partial charge >= 0.3 is 0 Å². The van der Waals surface area contributed by atoms with E-state index < -0.39 is 29.6 Å². The second-order valence-corrected chi connectivity index (χ2v) is 9.03. The van der Waals surface area contributed by atoms with Gasteiger partial charge in [0.15, 0.2) is 0 Å². The number of pyridine rings is 1. The highest BCUT2D eigenvalue weighted by Gasteiger charge is 2.42. The molecule has 1 unspecified atom stereocenters. The van der Waals surface area contributed by atoms with Crippen LogP contribution in [0.15, 0.2) is 30.5 Å². The second-order valence-electron chi connectivity index (χ2n) is 8.63. The Morgan fingerprint density at radius 1 is 1.24 bits per heavy atom. The molecule has 2 saturated heterocycles. The van der Waals surface area contributed by atoms with Crippen LogP contribution in [-0.4, -0.2) is 47.0 Å². The van der Waals surface area contributed by atoms with Crippen molar-refractivity contribution in [1.29, 1.82) is 0 Å². The lowest BCUT2D eigenvalue weighted by Gasteiger charge is -2.36. The summed E-state index contributed by atoms with van der Waals surface area (Å²) in [5.41, 5.74) is 1.20. The molecule has 0 bridgehead atoms. The number of carbonyl (C=O) groups excluding carboxylic acids is 2. The van der Waals surface area contributed by atoms with Gasteiger partial charge in [-0.05, 0) is 50.5 Å². The highest BCUT2D eigenvalue weighted by molar-refractivity contribution is 6.30. The summed E-state index contributed by atoms with van der Waals surface area (Å²) in [4.78, 5) is 32.5. The normalized spacial score (nSPS) is 21.5. The first-order valence-corrected chi connectivity index (χ1v) is 11.5. The van der Waals surface area contributed by atoms with Crippen LogP contribution in [0, 0.1) is 24.5 Å². The highest BCUT2D eigenvalue weighted by Crippen LogP contribution is 2.34. The van der Waals surface area contributed by atoms with E-state index in [9.17, 15) is 18.4 Å². The number of aromatic nitrogens is 1. The molecule has 4 rings (SSSR count). The number of nitrogens with one attached hydrogen (secondary N) is 1. The van der Waals surface area contributed by atoms with Gasteiger partial charge in [-0.3, -0.25) is 14.6 Å². The molecule has 2 amide bonds. The fraction of sp³-hybridized carbons (Fsp3) is 0.458. The zero-order valence-corrected chi connectivity index (χ0v) is 19.2. The molecule has 2 fully saturated rings. The van der Waals surface area contributed by atoms with E-state index in [1.807, 2.05) is 6.92 Å². The number of hydrogen-bond donors (Lipinski definition) is 1. The van der Waals surface area contributed by atoms with Crippen LogP contribution < -0.4 is 5.32 Å². The van der Waals surface area contributed by atoms with Crippen LogP contribution in [0.3, 0.4) is 0 Å². The molecule has 2 aromatic rings. The van der Waals surface area contributed by atoms with Gasteiger partial charge in [-0.2, -0.15) is 0 Å². The van der Waals surface area contributed by atoms with Crippen LogP contribution in [-0.2, 0) is 9.53 Å². The Morgan fingerprint density at radius 2 is 2.00 bits per heavy atom. The van der Waals surface area contributed by atoms with E-state index in [1.165, 1.54) is 0 Å². The number of likely N-dealkylation sites (tertiary alicyclic amines) is 1. The fourth-order valence-electron chi connectivity index (χ4n) is 4.60. The van der Waals surface area contributed by atoms with Crippen molar-refractivity contribution >= 4 is 23.4 Å². The van der Waals surface area contributed by atoms with Crippen molar-refractivity contribution in [2.45, 2.75) is 51.2 Å². The van der Waals surface area contributed by atoms with Crippen LogP contribution >= 0.6 is 11.6 Å². The Bertz CT molecular complexity index is 1060. The molecular weight excluding hydrogens is 452 g/mol. The first kappa shape index (κ1) is 23.6. The highest BCUT2D eigenvalue weighted by atomic mass is 35.5. The summed E-state index contributed by atoms with van der Waals surface area (Å²) in [6.45, 7) is 4.41. The molecule has 3 atom stereocenters. The molecule has 1 aromatic heterocycles. The van der Waals surface area contributed by atoms with Gasteiger partial charge in [0, 0.05) is 35.0 Å². The number of rotatable bonds is 6. The molecule has 176 valence electrons. The maximum atomic E-state index is 14.7. The Kier molecular flexibility index (Phi) is 6.95. The Balaban J connectivity index is 1.60. The van der Waals surface area contributed by atoms with Gasteiger partial charge in [0.1, 0.15) is 17.7 Å². The van der Waals surface area contributed by atoms with Crippen LogP contribution in [0.2, 0.25) is 5.02 Å². The Morgan fingerprint density at radius 3 is 2.64 bits per heavy atom. The molecule has 0 spiro atoms. The first-order chi connectivity index (χ1) is 15.8. The molecule has 6 nitrogen and oxygen atoms in total. The molecule has 0 aliphatic carbocycles. The Labute approximate surface area is 196 Å². The van der Waals surface area contributed by atoms with E-state index in [2.05, 4.69) is 10.3 Å². The summed E-state index contributed by atoms with van der Waals surface area (Å²) in [6.07, 6.45) is 3.45. The smallest absolute Gasteiger partial charge is 0.254 e. The van der Waals surface area contributed by atoms with Gasteiger partial charge in [0.05, 0.1) is 24.3 Å². The maximum absolute atomic E-state index is 14.7. The lowest BCUT2D eigenvalue weighted by molar-refractivity contribution is -0.128. The van der Waals surface area contributed by atoms with Gasteiger partial charge in [0.25, 0.3) is 5.91 Å². The zero-order valence-electron chi connectivity index (χ0n) is 18.5. The van der Waals surface area contributed by atoms with Gasteiger partial charge in [-0.15, -0.1) is 0 Å². The predicted molar refractivity (Wildman–Crippen MR) is 119 cm³/mol. The molecule has 2 aliphatic rings. The van der Waals surface area contributed by atoms with Crippen molar-refractivity contribution in [3.05, 3.63) is 63.9 Å². The van der Waals surface area contributed by atoms with Crippen LogP contribution in [0.25, 0.3) is 0 Å². The lowest BCUT2D eigenvalue weighted by Crippen LogP contribution is -2.52. The minimum absolute atomic E-state index is 0.0197. The summed E-state index contributed by atoms with van der Waals surface area (Å²) in [7, 11) is 0. The molecule has 1 aromatic carbocycles. The molecule has 1 N–H and O–H groups in total. The molecular formula is C24H26ClF2N3O3. The number of halogens is 3. The van der Waals surface area contributed by atoms with E-state index in [1.54, 1.807) is 30.2 Å². The molecule has 33 heavy (non-hydrogen) atoms. The van der Waals surface area contributed by atoms with Crippen LogP contribution in [0.1, 0.15) is 53.8 Å². The third-order valence-corrected chi connectivity index (χ3v) is 6.75. The number of carbonyl (C=O) groups is 2. The number of amides is 2. The van der Waals surface area contributed by atoms with Crippen LogP contribution in [0.5, 0.6) is 0 Å². The first-order valence-electron chi connectivity index (χ1n) is 11.1. The van der Waals surface area contributed by atoms with E-state index in [0.29, 0.717) is 43.7 Å². The number of aryl methyl sites for hydroxylation is 1. The van der Waals surface area contributed by atoms with Crippen molar-refractivity contribution in [2.24, 2.45) is 5.92 Å². The van der Waals surface area contributed by atoms with Crippen molar-refractivity contribution in [3.63, 3.8) is 0 Å². The maximum Gasteiger partial charge on any atom is 0.254 e. The van der Waals surface area contributed by atoms with E-state index in [0.717, 1.165) is 12.1 Å². The quantitative estimate of drug-likeness (QED) is 0.633. The fourth-order valence-corrected chi connectivity index (χ4v) is 4.75. The van der Waals surface area contributed by atoms with Gasteiger partial charge < -0.3 is 15.0 Å². The number of benzene rings is 1. The van der Waals surface area contributed by atoms with Gasteiger partial charge in [0.2, 0.25) is 5.91 Å². The van der Waals surface area contributed by atoms with Gasteiger partial charge in [-0.1, -0.05) is 18.5 Å². The van der Waals surface area contributed by atoms with Crippen LogP contribution in [0.4, 0.5) is 8.78 Å². The van der Waals surface area contributed by atoms with E-state index >= 15 is 0 Å². The Hall–Kier alpha value is -2.58. The third-order valence-electron chi connectivity index (χ3n) is 6.46. The van der Waals surface area contributed by atoms with Crippen molar-refractivity contribution in [1.82, 2.24) is 15.2 Å². The number of ether oxygens (including phenoxy) is 1. The average molecular weight is 478 g/mol. The largest absolute Gasteiger partial charge is 0.381 e. The summed E-state index contributed by atoms with van der Waals surface area (Å²) in [5, 5.41) is 2.56. The zero-order chi connectivity index (χ0) is 23.7. The summed E-state index contributed by atoms with van der Waals surface area (Å²) in [6, 6.07) is 3.68. The SMILES string of the molecule is CC[C@@H]1CC[C@H](C(=O)NC(c2cc(F)c(Cl)cc2F)C2COC2)N1C(=O)c1ccnc(C)c1. The molecule has 0 radical (unpaired) electrons. The van der Waals surface area contributed by atoms with E-state index in [4.69, 9.17) is 16.3 Å². The predicted octanol–water partition coefficient (Wildman–Crippen LogP) is 4.21. The standard InChI is InChI=1S/C24H26ClF2N3O3/c1-3-16-4-5-21(30(16)24(32)14-6-7-28-13(2)8-14)23(31)29-22(15-11-33-12-15)17-9-20(27)18(25)10-19(17)26/h6-10,15-16,21-22H,3-5,11-12H2,1-2H3,(H,29,31)/t16-,21-,22?/m1/s1. The van der Waals surface area contributed by atoms with Crippen molar-refractivity contribution in [3.8, 4) is 0 Å². The van der Waals surface area contributed by atoms with Gasteiger partial charge in [-0.25, -0.2) is 8.78 Å². The molecule has 3 heterocycles. The average Bonchev–Trinajstić information content (AvgIpc) is 3.18. The van der Waals surface area contributed by atoms with E-state index in [-0.39, 0.29) is 28.5 Å². The minimum Gasteiger partial charge on any atom is -0.381 e. The topological polar surface area (TPSA) is 71.5 Å².